The standard InChI is InChI=1S/C36H22N8O2S4/c1-35(2)31-29(49-33(43-31)23-7-9-27(47-23)41-25(15-37)39-5)19-11-18-14-22-20(12-17(18)13-21(19)45-35)30-32(36(3,4)46-22)44-34(50-30)24-8-10-28(48-24)42-26(16-38)40-6/h7-14,17-18H,1-4H3. The van der Waals surface area contributed by atoms with Crippen molar-refractivity contribution in [2.45, 2.75) is 38.9 Å². The highest BCUT2D eigenvalue weighted by Crippen LogP contribution is 2.55. The summed E-state index contributed by atoms with van der Waals surface area (Å²) < 4.78 is 13.3. The van der Waals surface area contributed by atoms with Gasteiger partial charge in [0.05, 0.1) is 19.5 Å². The zero-order valence-electron chi connectivity index (χ0n) is 26.8. The van der Waals surface area contributed by atoms with Crippen molar-refractivity contribution < 1.29 is 9.47 Å². The van der Waals surface area contributed by atoms with Crippen LogP contribution in [0.3, 0.4) is 0 Å². The van der Waals surface area contributed by atoms with Crippen molar-refractivity contribution in [3.8, 4) is 31.9 Å². The first-order chi connectivity index (χ1) is 24.0. The van der Waals surface area contributed by atoms with Gasteiger partial charge in [0.2, 0.25) is 10.0 Å². The van der Waals surface area contributed by atoms with Crippen molar-refractivity contribution in [1.29, 1.82) is 10.5 Å². The zero-order valence-corrected chi connectivity index (χ0v) is 30.1. The minimum absolute atomic E-state index is 0.0376. The molecule has 4 aromatic rings. The average Bonchev–Trinajstić information content (AvgIpc) is 3.90. The number of fused-ring (bicyclic) bond motifs is 7. The molecule has 0 N–H and O–H groups in total. The Bertz CT molecular complexity index is 2310. The minimum atomic E-state index is -0.663. The van der Waals surface area contributed by atoms with Gasteiger partial charge >= 0.3 is 11.7 Å². The van der Waals surface area contributed by atoms with Gasteiger partial charge in [-0.1, -0.05) is 58.0 Å². The molecule has 50 heavy (non-hydrogen) atoms. The molecular weight excluding hydrogens is 705 g/mol. The molecule has 0 saturated carbocycles. The molecule has 0 aromatic carbocycles. The number of allylic oxidation sites excluding steroid dienone is 6. The smallest absolute Gasteiger partial charge is 0.350 e. The summed E-state index contributed by atoms with van der Waals surface area (Å²) in [6, 6.07) is 11.1. The number of ether oxygens (including phenoxy) is 2. The summed E-state index contributed by atoms with van der Waals surface area (Å²) in [6.07, 6.45) is 8.91. The zero-order chi connectivity index (χ0) is 34.9. The fraction of sp³-hybridized carbons (Fsp3) is 0.222. The Labute approximate surface area is 303 Å². The van der Waals surface area contributed by atoms with E-state index in [0.29, 0.717) is 10.0 Å². The minimum Gasteiger partial charge on any atom is -0.481 e. The van der Waals surface area contributed by atoms with E-state index in [1.54, 1.807) is 34.8 Å². The summed E-state index contributed by atoms with van der Waals surface area (Å²) >= 11 is 6.00. The number of aliphatic imine (C=N–C) groups is 2. The summed E-state index contributed by atoms with van der Waals surface area (Å²) in [4.78, 5) is 28.7. The molecule has 0 spiro atoms. The van der Waals surface area contributed by atoms with Crippen LogP contribution in [-0.2, 0) is 20.7 Å². The van der Waals surface area contributed by atoms with E-state index >= 15 is 0 Å². The van der Waals surface area contributed by atoms with Gasteiger partial charge in [-0.2, -0.15) is 0 Å². The van der Waals surface area contributed by atoms with E-state index in [9.17, 15) is 0 Å². The highest BCUT2D eigenvalue weighted by Gasteiger charge is 2.44. The van der Waals surface area contributed by atoms with Gasteiger partial charge < -0.3 is 19.2 Å². The first kappa shape index (κ1) is 31.8. The first-order valence-electron chi connectivity index (χ1n) is 15.2. The Balaban J connectivity index is 1.14. The van der Waals surface area contributed by atoms with Crippen LogP contribution in [0.15, 0.2) is 70.1 Å². The van der Waals surface area contributed by atoms with Crippen molar-refractivity contribution >= 4 is 78.2 Å². The number of hydrogen-bond acceptors (Lipinski definition) is 12. The summed E-state index contributed by atoms with van der Waals surface area (Å²) in [7, 11) is 0. The Morgan fingerprint density at radius 2 is 1.12 bits per heavy atom. The molecule has 0 radical (unpaired) electrons. The molecule has 4 aliphatic rings. The fourth-order valence-electron chi connectivity index (χ4n) is 6.22. The van der Waals surface area contributed by atoms with Crippen LogP contribution in [0.4, 0.5) is 10.0 Å². The molecule has 14 heteroatoms. The predicted octanol–water partition coefficient (Wildman–Crippen LogP) is 10.0. The molecule has 4 aromatic heterocycles. The van der Waals surface area contributed by atoms with Gasteiger partial charge in [0.1, 0.15) is 56.3 Å². The number of nitriles is 2. The van der Waals surface area contributed by atoms with E-state index < -0.39 is 11.2 Å². The van der Waals surface area contributed by atoms with Crippen molar-refractivity contribution in [1.82, 2.24) is 9.97 Å². The van der Waals surface area contributed by atoms with Gasteiger partial charge in [-0.25, -0.2) is 20.5 Å². The maximum atomic E-state index is 9.12. The maximum absolute atomic E-state index is 9.12. The molecule has 0 fully saturated rings. The Kier molecular flexibility index (Phi) is 7.34. The van der Waals surface area contributed by atoms with Gasteiger partial charge in [-0.15, -0.1) is 22.7 Å². The first-order valence-corrected chi connectivity index (χ1v) is 18.5. The second-order valence-corrected chi connectivity index (χ2v) is 16.7. The third-order valence-electron chi connectivity index (χ3n) is 8.44. The number of thiazole rings is 2. The molecule has 0 bridgehead atoms. The second-order valence-electron chi connectivity index (χ2n) is 12.6. The van der Waals surface area contributed by atoms with Gasteiger partial charge in [-0.05, 0) is 64.1 Å². The second kappa shape index (κ2) is 11.6. The predicted molar refractivity (Wildman–Crippen MR) is 197 cm³/mol. The molecular formula is C36H22N8O2S4. The number of amidine groups is 2. The van der Waals surface area contributed by atoms with E-state index in [0.717, 1.165) is 63.6 Å². The van der Waals surface area contributed by atoms with Gasteiger partial charge in [-0.3, -0.25) is 0 Å². The normalized spacial score (nSPS) is 20.9. The van der Waals surface area contributed by atoms with Crippen molar-refractivity contribution in [3.05, 3.63) is 104 Å². The molecule has 242 valence electrons. The van der Waals surface area contributed by atoms with E-state index in [2.05, 4.69) is 44.0 Å². The van der Waals surface area contributed by atoms with Crippen LogP contribution in [0.5, 0.6) is 0 Å². The third kappa shape index (κ3) is 5.22. The number of nitrogens with zero attached hydrogens (tertiary/aromatic N) is 8. The number of hydrogen-bond donors (Lipinski definition) is 0. The average molecular weight is 727 g/mol. The topological polar surface area (TPSA) is 125 Å². The van der Waals surface area contributed by atoms with Gasteiger partial charge in [0.25, 0.3) is 0 Å². The molecule has 2 aliphatic carbocycles. The molecule has 10 nitrogen and oxygen atoms in total. The van der Waals surface area contributed by atoms with Crippen molar-refractivity contribution in [3.63, 3.8) is 0 Å². The van der Waals surface area contributed by atoms with Crippen molar-refractivity contribution in [2.24, 2.45) is 21.8 Å². The van der Waals surface area contributed by atoms with E-state index in [4.69, 9.17) is 43.1 Å². The number of rotatable bonds is 4. The molecule has 0 amide bonds. The summed E-state index contributed by atoms with van der Waals surface area (Å²) in [5.74, 6) is 1.33. The third-order valence-corrected chi connectivity index (χ3v) is 12.9. The van der Waals surface area contributed by atoms with E-state index in [1.807, 2.05) is 52.0 Å². The lowest BCUT2D eigenvalue weighted by molar-refractivity contribution is 0.0280. The number of thiophene rings is 2. The van der Waals surface area contributed by atoms with Gasteiger partial charge in [0, 0.05) is 23.0 Å². The van der Waals surface area contributed by atoms with Crippen LogP contribution in [0.25, 0.3) is 40.6 Å². The van der Waals surface area contributed by atoms with Crippen LogP contribution in [0.2, 0.25) is 0 Å². The largest absolute Gasteiger partial charge is 0.481 e. The van der Waals surface area contributed by atoms with Gasteiger partial charge in [0.15, 0.2) is 0 Å². The van der Waals surface area contributed by atoms with Crippen LogP contribution >= 0.6 is 45.3 Å². The van der Waals surface area contributed by atoms with Crippen LogP contribution in [0, 0.1) is 47.6 Å². The molecule has 2 unspecified atom stereocenters. The molecule has 0 saturated heterocycles. The highest BCUT2D eigenvalue weighted by molar-refractivity contribution is 7.24. The quantitative estimate of drug-likeness (QED) is 0.117. The number of aromatic nitrogens is 2. The van der Waals surface area contributed by atoms with Crippen molar-refractivity contribution in [2.75, 3.05) is 0 Å². The Hall–Kier alpha value is -5.48. The summed E-state index contributed by atoms with van der Waals surface area (Å²) in [5, 5.41) is 21.1. The Morgan fingerprint density at radius 3 is 1.50 bits per heavy atom. The van der Waals surface area contributed by atoms with Crippen LogP contribution < -0.4 is 0 Å². The summed E-state index contributed by atoms with van der Waals surface area (Å²) in [5.41, 5.74) is 2.43. The lowest BCUT2D eigenvalue weighted by atomic mass is 9.77. The molecule has 2 atom stereocenters. The lowest BCUT2D eigenvalue weighted by Gasteiger charge is -2.40. The maximum Gasteiger partial charge on any atom is 0.350 e. The molecule has 8 rings (SSSR count). The van der Waals surface area contributed by atoms with E-state index in [1.165, 1.54) is 22.7 Å². The molecule has 2 aliphatic heterocycles. The summed E-state index contributed by atoms with van der Waals surface area (Å²) in [6.45, 7) is 22.4. The fourth-order valence-corrected chi connectivity index (χ4v) is 10.6. The van der Waals surface area contributed by atoms with Crippen LogP contribution in [0.1, 0.15) is 48.8 Å². The highest BCUT2D eigenvalue weighted by atomic mass is 32.1. The molecule has 6 heterocycles. The lowest BCUT2D eigenvalue weighted by Crippen LogP contribution is -2.32. The Morgan fingerprint density at radius 1 is 0.700 bits per heavy atom. The van der Waals surface area contributed by atoms with E-state index in [-0.39, 0.29) is 23.5 Å². The van der Waals surface area contributed by atoms with Crippen LogP contribution in [-0.4, -0.2) is 21.6 Å². The monoisotopic (exact) mass is 726 g/mol. The SMILES string of the molecule is [C-]#[N+]C(C#N)=Nc1ccc(-c2nc3c(s2)C2=CC4C=C5OC(C)(C)c6nc(-c7ccc(N=C(C#N)[N+]#[C-])s7)sc6C5=CC4C=C2OC3(C)C)s1.